The van der Waals surface area contributed by atoms with Gasteiger partial charge in [-0.15, -0.1) is 5.10 Å². The second-order valence-corrected chi connectivity index (χ2v) is 7.39. The Hall–Kier alpha value is -3.91. The Morgan fingerprint density at radius 3 is 2.80 bits per heavy atom. The summed E-state index contributed by atoms with van der Waals surface area (Å²) in [5.41, 5.74) is 8.13. The van der Waals surface area contributed by atoms with Crippen LogP contribution in [0.3, 0.4) is 0 Å². The van der Waals surface area contributed by atoms with Gasteiger partial charge in [-0.2, -0.15) is 5.10 Å². The molecule has 0 saturated carbocycles. The molecule has 4 heterocycles. The van der Waals surface area contributed by atoms with Crippen molar-refractivity contribution in [2.24, 2.45) is 0 Å². The topological polar surface area (TPSA) is 97.2 Å². The van der Waals surface area contributed by atoms with E-state index in [0.29, 0.717) is 0 Å². The van der Waals surface area contributed by atoms with Gasteiger partial charge in [0.05, 0.1) is 17.4 Å². The Kier molecular flexibility index (Phi) is 3.88. The van der Waals surface area contributed by atoms with E-state index in [1.807, 2.05) is 18.3 Å². The Labute approximate surface area is 172 Å². The lowest BCUT2D eigenvalue weighted by molar-refractivity contribution is 0.642. The van der Waals surface area contributed by atoms with Gasteiger partial charge in [-0.05, 0) is 53.9 Å². The van der Waals surface area contributed by atoms with Gasteiger partial charge in [-0.25, -0.2) is 14.6 Å². The van der Waals surface area contributed by atoms with Crippen molar-refractivity contribution in [1.29, 1.82) is 0 Å². The molecule has 0 radical (unpaired) electrons. The highest BCUT2D eigenvalue weighted by molar-refractivity contribution is 5.94. The average molecular weight is 394 g/mol. The van der Waals surface area contributed by atoms with Crippen LogP contribution in [0.5, 0.6) is 0 Å². The molecule has 0 aliphatic carbocycles. The van der Waals surface area contributed by atoms with E-state index in [0.717, 1.165) is 58.6 Å². The summed E-state index contributed by atoms with van der Waals surface area (Å²) in [6.07, 6.45) is 8.11. The molecular weight excluding hydrogens is 376 g/mol. The van der Waals surface area contributed by atoms with Gasteiger partial charge in [0, 0.05) is 29.9 Å². The first-order valence-corrected chi connectivity index (χ1v) is 9.84. The molecule has 0 unspecified atom stereocenters. The molecule has 2 N–H and O–H groups in total. The molecule has 0 fully saturated rings. The van der Waals surface area contributed by atoms with Gasteiger partial charge in [-0.1, -0.05) is 17.3 Å². The van der Waals surface area contributed by atoms with E-state index in [1.165, 1.54) is 17.5 Å². The predicted molar refractivity (Wildman–Crippen MR) is 113 cm³/mol. The van der Waals surface area contributed by atoms with Crippen LogP contribution in [-0.2, 0) is 13.0 Å². The molecule has 5 aromatic rings. The van der Waals surface area contributed by atoms with Crippen LogP contribution in [0.1, 0.15) is 11.1 Å². The van der Waals surface area contributed by atoms with Crippen LogP contribution < -0.4 is 5.32 Å². The van der Waals surface area contributed by atoms with E-state index in [4.69, 9.17) is 0 Å². The molecule has 0 bridgehead atoms. The van der Waals surface area contributed by atoms with E-state index >= 15 is 0 Å². The van der Waals surface area contributed by atoms with Crippen molar-refractivity contribution in [3.05, 3.63) is 72.4 Å². The van der Waals surface area contributed by atoms with E-state index < -0.39 is 0 Å². The molecule has 0 spiro atoms. The maximum atomic E-state index is 4.50. The van der Waals surface area contributed by atoms with Gasteiger partial charge >= 0.3 is 0 Å². The predicted octanol–water partition coefficient (Wildman–Crippen LogP) is 2.91. The number of hydrogen-bond acceptors (Lipinski definition) is 6. The highest BCUT2D eigenvalue weighted by Gasteiger charge is 2.15. The van der Waals surface area contributed by atoms with Gasteiger partial charge in [0.25, 0.3) is 0 Å². The Morgan fingerprint density at radius 1 is 0.933 bits per heavy atom. The van der Waals surface area contributed by atoms with Crippen LogP contribution in [0.4, 0.5) is 0 Å². The molecule has 8 nitrogen and oxygen atoms in total. The van der Waals surface area contributed by atoms with Gasteiger partial charge in [0.15, 0.2) is 0 Å². The number of nitrogens with zero attached hydrogens (tertiary/aromatic N) is 6. The summed E-state index contributed by atoms with van der Waals surface area (Å²) in [4.78, 5) is 8.22. The number of H-pyrrole nitrogens is 1. The molecule has 146 valence electrons. The average Bonchev–Trinajstić information content (AvgIpc) is 3.46. The summed E-state index contributed by atoms with van der Waals surface area (Å²) in [5.74, 6) is 0. The molecule has 2 aromatic carbocycles. The van der Waals surface area contributed by atoms with E-state index in [1.54, 1.807) is 17.1 Å². The second kappa shape index (κ2) is 6.85. The molecular formula is C22H18N8. The van der Waals surface area contributed by atoms with Crippen LogP contribution >= 0.6 is 0 Å². The third-order valence-corrected chi connectivity index (χ3v) is 5.53. The highest BCUT2D eigenvalue weighted by atomic mass is 15.4. The lowest BCUT2D eigenvalue weighted by Gasteiger charge is -2.17. The monoisotopic (exact) mass is 394 g/mol. The van der Waals surface area contributed by atoms with Gasteiger partial charge < -0.3 is 5.32 Å². The molecule has 1 aliphatic heterocycles. The minimum Gasteiger partial charge on any atom is -0.312 e. The number of nitrogens with one attached hydrogen (secondary N) is 2. The lowest BCUT2D eigenvalue weighted by atomic mass is 10.0. The molecule has 0 saturated heterocycles. The standard InChI is InChI=1S/C22H18N8/c1-3-18(7-16-9-23-6-5-14(1)16)30-12-21(27-29-30)22-19-8-15(2-4-20(19)26-28-22)17-10-24-13-25-11-17/h1-4,7-8,10-13,23H,5-6,9H2,(H,26,28). The minimum absolute atomic E-state index is 0.721. The zero-order chi connectivity index (χ0) is 19.9. The van der Waals surface area contributed by atoms with E-state index in [9.17, 15) is 0 Å². The fraction of sp³-hybridized carbons (Fsp3) is 0.136. The summed E-state index contributed by atoms with van der Waals surface area (Å²) in [6.45, 7) is 1.92. The summed E-state index contributed by atoms with van der Waals surface area (Å²) >= 11 is 0. The van der Waals surface area contributed by atoms with Crippen molar-refractivity contribution in [3.63, 3.8) is 0 Å². The molecule has 3 aromatic heterocycles. The van der Waals surface area contributed by atoms with Crippen molar-refractivity contribution in [2.75, 3.05) is 6.54 Å². The van der Waals surface area contributed by atoms with Crippen LogP contribution in [0, 0.1) is 0 Å². The number of aromatic amines is 1. The first-order chi connectivity index (χ1) is 14.8. The summed E-state index contributed by atoms with van der Waals surface area (Å²) < 4.78 is 1.81. The molecule has 0 amide bonds. The quantitative estimate of drug-likeness (QED) is 0.488. The number of rotatable bonds is 3. The second-order valence-electron chi connectivity index (χ2n) is 7.39. The molecule has 1 aliphatic rings. The number of hydrogen-bond donors (Lipinski definition) is 2. The fourth-order valence-electron chi connectivity index (χ4n) is 3.94. The number of aromatic nitrogens is 7. The number of fused-ring (bicyclic) bond motifs is 2. The van der Waals surface area contributed by atoms with Crippen LogP contribution in [-0.4, -0.2) is 41.7 Å². The normalized spacial score (nSPS) is 13.5. The molecule has 0 atom stereocenters. The van der Waals surface area contributed by atoms with Crippen molar-refractivity contribution in [1.82, 2.24) is 40.5 Å². The Balaban J connectivity index is 1.39. The molecule has 6 rings (SSSR count). The van der Waals surface area contributed by atoms with Crippen molar-refractivity contribution >= 4 is 10.9 Å². The molecule has 8 heteroatoms. The zero-order valence-corrected chi connectivity index (χ0v) is 16.1. The first-order valence-electron chi connectivity index (χ1n) is 9.84. The summed E-state index contributed by atoms with van der Waals surface area (Å²) in [7, 11) is 0. The summed E-state index contributed by atoms with van der Waals surface area (Å²) in [5, 5.41) is 20.7. The van der Waals surface area contributed by atoms with Gasteiger partial charge in [0.1, 0.15) is 17.7 Å². The molecule has 30 heavy (non-hydrogen) atoms. The van der Waals surface area contributed by atoms with Crippen molar-refractivity contribution in [2.45, 2.75) is 13.0 Å². The highest BCUT2D eigenvalue weighted by Crippen LogP contribution is 2.29. The smallest absolute Gasteiger partial charge is 0.134 e. The van der Waals surface area contributed by atoms with Crippen LogP contribution in [0.25, 0.3) is 39.1 Å². The first kappa shape index (κ1) is 17.0. The van der Waals surface area contributed by atoms with Crippen LogP contribution in [0.2, 0.25) is 0 Å². The third kappa shape index (κ3) is 2.85. The van der Waals surface area contributed by atoms with E-state index in [-0.39, 0.29) is 0 Å². The Morgan fingerprint density at radius 2 is 1.87 bits per heavy atom. The number of benzene rings is 2. The minimum atomic E-state index is 0.721. The fourth-order valence-corrected chi connectivity index (χ4v) is 3.94. The third-order valence-electron chi connectivity index (χ3n) is 5.53. The Bertz CT molecular complexity index is 1350. The van der Waals surface area contributed by atoms with Gasteiger partial charge in [0.2, 0.25) is 0 Å². The van der Waals surface area contributed by atoms with Crippen LogP contribution in [0.15, 0.2) is 61.3 Å². The van der Waals surface area contributed by atoms with Crippen molar-refractivity contribution in [3.8, 4) is 28.2 Å². The SMILES string of the molecule is c1ncc(-c2ccc3[nH]nc(-c4cn(-c5ccc6c(c5)CNCC6)nn4)c3c2)cn1. The zero-order valence-electron chi connectivity index (χ0n) is 16.1. The lowest BCUT2D eigenvalue weighted by Crippen LogP contribution is -2.23. The van der Waals surface area contributed by atoms with Gasteiger partial charge in [-0.3, -0.25) is 5.10 Å². The largest absolute Gasteiger partial charge is 0.312 e. The summed E-state index contributed by atoms with van der Waals surface area (Å²) in [6, 6.07) is 12.6. The van der Waals surface area contributed by atoms with Crippen molar-refractivity contribution < 1.29 is 0 Å². The van der Waals surface area contributed by atoms with E-state index in [2.05, 4.69) is 60.1 Å². The maximum absolute atomic E-state index is 4.50. The maximum Gasteiger partial charge on any atom is 0.134 e.